The topological polar surface area (TPSA) is 72.1 Å². The SMILES string of the molecule is CCNC(=NCc1cnn(C)c1)NCCc1ccc(-n2cccn2)cc1.I. The van der Waals surface area contributed by atoms with Gasteiger partial charge >= 0.3 is 0 Å². The van der Waals surface area contributed by atoms with Crippen LogP contribution in [0, 0.1) is 0 Å². The second kappa shape index (κ2) is 10.7. The van der Waals surface area contributed by atoms with Crippen molar-refractivity contribution in [2.75, 3.05) is 13.1 Å². The molecule has 0 aliphatic heterocycles. The molecule has 144 valence electrons. The third kappa shape index (κ3) is 6.38. The van der Waals surface area contributed by atoms with Crippen LogP contribution in [-0.2, 0) is 20.0 Å². The van der Waals surface area contributed by atoms with Gasteiger partial charge in [0.15, 0.2) is 5.96 Å². The summed E-state index contributed by atoms with van der Waals surface area (Å²) in [6.07, 6.45) is 8.47. The molecule has 0 unspecified atom stereocenters. The number of benzene rings is 1. The Hall–Kier alpha value is -2.36. The third-order valence-electron chi connectivity index (χ3n) is 3.93. The highest BCUT2D eigenvalue weighted by Gasteiger charge is 2.01. The molecule has 0 aliphatic carbocycles. The molecule has 3 rings (SSSR count). The minimum atomic E-state index is 0. The van der Waals surface area contributed by atoms with Gasteiger partial charge < -0.3 is 10.6 Å². The van der Waals surface area contributed by atoms with E-state index in [4.69, 9.17) is 0 Å². The van der Waals surface area contributed by atoms with Crippen LogP contribution in [-0.4, -0.2) is 38.6 Å². The fourth-order valence-corrected chi connectivity index (χ4v) is 2.63. The van der Waals surface area contributed by atoms with Gasteiger partial charge in [-0.3, -0.25) is 4.68 Å². The summed E-state index contributed by atoms with van der Waals surface area (Å²) in [5.74, 6) is 0.824. The van der Waals surface area contributed by atoms with Gasteiger partial charge in [0.2, 0.25) is 0 Å². The van der Waals surface area contributed by atoms with Crippen LogP contribution in [0.5, 0.6) is 0 Å². The fraction of sp³-hybridized carbons (Fsp3) is 0.316. The number of aliphatic imine (C=N–C) groups is 1. The van der Waals surface area contributed by atoms with E-state index < -0.39 is 0 Å². The zero-order valence-electron chi connectivity index (χ0n) is 15.7. The maximum atomic E-state index is 4.61. The smallest absolute Gasteiger partial charge is 0.191 e. The molecule has 0 amide bonds. The van der Waals surface area contributed by atoms with Crippen molar-refractivity contribution in [2.24, 2.45) is 12.0 Å². The lowest BCUT2D eigenvalue weighted by molar-refractivity contribution is 0.766. The highest BCUT2D eigenvalue weighted by molar-refractivity contribution is 14.0. The minimum Gasteiger partial charge on any atom is -0.357 e. The van der Waals surface area contributed by atoms with Gasteiger partial charge in [-0.15, -0.1) is 24.0 Å². The summed E-state index contributed by atoms with van der Waals surface area (Å²) in [6, 6.07) is 10.4. The van der Waals surface area contributed by atoms with Crippen molar-refractivity contribution in [3.63, 3.8) is 0 Å². The molecule has 2 aromatic heterocycles. The number of rotatable bonds is 7. The number of hydrogen-bond donors (Lipinski definition) is 2. The van der Waals surface area contributed by atoms with Crippen molar-refractivity contribution in [3.8, 4) is 5.69 Å². The van der Waals surface area contributed by atoms with E-state index in [1.807, 2.05) is 36.4 Å². The van der Waals surface area contributed by atoms with Crippen molar-refractivity contribution in [2.45, 2.75) is 19.9 Å². The summed E-state index contributed by atoms with van der Waals surface area (Å²) in [6.45, 7) is 4.33. The lowest BCUT2D eigenvalue weighted by Gasteiger charge is -2.11. The summed E-state index contributed by atoms with van der Waals surface area (Å²) in [5, 5.41) is 15.1. The number of halogens is 1. The molecule has 0 spiro atoms. The molecule has 0 saturated carbocycles. The highest BCUT2D eigenvalue weighted by atomic mass is 127. The van der Waals surface area contributed by atoms with E-state index in [1.54, 1.807) is 10.9 Å². The van der Waals surface area contributed by atoms with Crippen molar-refractivity contribution >= 4 is 29.9 Å². The van der Waals surface area contributed by atoms with Crippen LogP contribution in [0.3, 0.4) is 0 Å². The Morgan fingerprint density at radius 1 is 1.11 bits per heavy atom. The van der Waals surface area contributed by atoms with Crippen molar-refractivity contribution < 1.29 is 0 Å². The molecule has 0 radical (unpaired) electrons. The van der Waals surface area contributed by atoms with Gasteiger partial charge in [0.05, 0.1) is 18.4 Å². The zero-order chi connectivity index (χ0) is 18.2. The van der Waals surface area contributed by atoms with Crippen LogP contribution in [0.4, 0.5) is 0 Å². The zero-order valence-corrected chi connectivity index (χ0v) is 18.0. The lowest BCUT2D eigenvalue weighted by atomic mass is 10.1. The average molecular weight is 479 g/mol. The van der Waals surface area contributed by atoms with E-state index in [9.17, 15) is 0 Å². The summed E-state index contributed by atoms with van der Waals surface area (Å²) in [5.41, 5.74) is 3.44. The highest BCUT2D eigenvalue weighted by Crippen LogP contribution is 2.08. The van der Waals surface area contributed by atoms with Crippen molar-refractivity contribution in [1.82, 2.24) is 30.2 Å². The first-order valence-electron chi connectivity index (χ1n) is 8.83. The molecule has 0 saturated heterocycles. The van der Waals surface area contributed by atoms with Gasteiger partial charge in [0, 0.05) is 44.3 Å². The molecule has 2 N–H and O–H groups in total. The van der Waals surface area contributed by atoms with E-state index in [-0.39, 0.29) is 24.0 Å². The molecular weight excluding hydrogens is 453 g/mol. The Bertz CT molecular complexity index is 822. The predicted molar refractivity (Wildman–Crippen MR) is 119 cm³/mol. The Kier molecular flexibility index (Phi) is 8.31. The lowest BCUT2D eigenvalue weighted by Crippen LogP contribution is -2.38. The summed E-state index contributed by atoms with van der Waals surface area (Å²) in [7, 11) is 1.91. The third-order valence-corrected chi connectivity index (χ3v) is 3.93. The van der Waals surface area contributed by atoms with Crippen molar-refractivity contribution in [1.29, 1.82) is 0 Å². The number of aromatic nitrogens is 4. The van der Waals surface area contributed by atoms with Crippen molar-refractivity contribution in [3.05, 3.63) is 66.2 Å². The van der Waals surface area contributed by atoms with Crippen LogP contribution < -0.4 is 10.6 Å². The number of hydrogen-bond acceptors (Lipinski definition) is 3. The van der Waals surface area contributed by atoms with Crippen LogP contribution in [0.25, 0.3) is 5.69 Å². The number of aryl methyl sites for hydroxylation is 1. The molecule has 0 aliphatic rings. The second-order valence-corrected chi connectivity index (χ2v) is 6.01. The maximum Gasteiger partial charge on any atom is 0.191 e. The fourth-order valence-electron chi connectivity index (χ4n) is 2.63. The van der Waals surface area contributed by atoms with Crippen LogP contribution in [0.15, 0.2) is 60.1 Å². The first kappa shape index (κ1) is 20.9. The first-order chi connectivity index (χ1) is 12.7. The molecular formula is C19H26IN7. The van der Waals surface area contributed by atoms with Crippen LogP contribution in [0.2, 0.25) is 0 Å². The average Bonchev–Trinajstić information content (AvgIpc) is 3.32. The molecule has 0 bridgehead atoms. The Labute approximate surface area is 176 Å². The summed E-state index contributed by atoms with van der Waals surface area (Å²) >= 11 is 0. The monoisotopic (exact) mass is 479 g/mol. The van der Waals surface area contributed by atoms with Crippen LogP contribution >= 0.6 is 24.0 Å². The molecule has 1 aromatic carbocycles. The van der Waals surface area contributed by atoms with E-state index >= 15 is 0 Å². The second-order valence-electron chi connectivity index (χ2n) is 6.01. The van der Waals surface area contributed by atoms with Gasteiger partial charge in [-0.25, -0.2) is 9.67 Å². The Morgan fingerprint density at radius 2 is 1.93 bits per heavy atom. The minimum absolute atomic E-state index is 0. The Balaban J connectivity index is 0.00000261. The Morgan fingerprint density at radius 3 is 2.56 bits per heavy atom. The molecule has 0 fully saturated rings. The summed E-state index contributed by atoms with van der Waals surface area (Å²) < 4.78 is 3.65. The van der Waals surface area contributed by atoms with Gasteiger partial charge in [-0.1, -0.05) is 12.1 Å². The van der Waals surface area contributed by atoms with E-state index in [0.29, 0.717) is 6.54 Å². The van der Waals surface area contributed by atoms with Gasteiger partial charge in [0.25, 0.3) is 0 Å². The summed E-state index contributed by atoms with van der Waals surface area (Å²) in [4.78, 5) is 4.61. The van der Waals surface area contributed by atoms with Gasteiger partial charge in [0.1, 0.15) is 0 Å². The van der Waals surface area contributed by atoms with E-state index in [2.05, 4.69) is 57.0 Å². The standard InChI is InChI=1S/C19H25N7.HI/c1-3-20-19(22-13-17-14-24-25(2)15-17)21-11-9-16-5-7-18(8-6-16)26-12-4-10-23-26;/h4-8,10,12,14-15H,3,9,11,13H2,1-2H3,(H2,20,21,22);1H. The predicted octanol–water partition coefficient (Wildman–Crippen LogP) is 2.52. The van der Waals surface area contributed by atoms with E-state index in [1.165, 1.54) is 5.56 Å². The van der Waals surface area contributed by atoms with Crippen LogP contribution in [0.1, 0.15) is 18.1 Å². The number of nitrogens with one attached hydrogen (secondary N) is 2. The molecule has 27 heavy (non-hydrogen) atoms. The maximum absolute atomic E-state index is 4.61. The molecule has 2 heterocycles. The first-order valence-corrected chi connectivity index (χ1v) is 8.83. The normalized spacial score (nSPS) is 11.1. The number of nitrogens with zero attached hydrogens (tertiary/aromatic N) is 5. The van der Waals surface area contributed by atoms with Gasteiger partial charge in [-0.2, -0.15) is 10.2 Å². The quantitative estimate of drug-likeness (QED) is 0.311. The molecule has 0 atom stereocenters. The van der Waals surface area contributed by atoms with Gasteiger partial charge in [-0.05, 0) is 37.1 Å². The molecule has 8 heteroatoms. The molecule has 7 nitrogen and oxygen atoms in total. The molecule has 3 aromatic rings. The van der Waals surface area contributed by atoms with E-state index in [0.717, 1.165) is 36.7 Å². The number of guanidine groups is 1. The largest absolute Gasteiger partial charge is 0.357 e.